The van der Waals surface area contributed by atoms with Crippen LogP contribution < -0.4 is 16.0 Å². The molecule has 3 rings (SSSR count). The van der Waals surface area contributed by atoms with Crippen molar-refractivity contribution in [1.82, 2.24) is 16.0 Å². The molecule has 2 aromatic rings. The van der Waals surface area contributed by atoms with Crippen LogP contribution >= 0.6 is 0 Å². The van der Waals surface area contributed by atoms with Crippen molar-refractivity contribution >= 4 is 47.9 Å². The van der Waals surface area contributed by atoms with E-state index in [2.05, 4.69) is 25.5 Å². The summed E-state index contributed by atoms with van der Waals surface area (Å²) in [7, 11) is 0. The summed E-state index contributed by atoms with van der Waals surface area (Å²) in [5.74, 6) is -4.02. The maximum absolute atomic E-state index is 13.5. The molecule has 2 unspecified atom stereocenters. The van der Waals surface area contributed by atoms with Gasteiger partial charge in [0.2, 0.25) is 23.4 Å². The second-order valence-corrected chi connectivity index (χ2v) is 11.9. The standard InChI is InChI=1S/C36H43N7O11/c37-40-21-24(44)9-11-31(34(48)39-14-16-52-18-20-53-19-17-51-15-13-33(46)47)42-35(49)32(12-10-25(45)22-41-38)43-36(50)54-23-30-28-7-3-1-5-26(28)27-6-2-4-8-29(27)30/h1-8,21-22,30-32H,9-20,23H2,(H,39,48)(H,42,49)(H,43,50)(H,46,47). The molecule has 18 nitrogen and oxygen atoms in total. The number of alkyl carbamates (subject to hydrolysis) is 1. The van der Waals surface area contributed by atoms with Crippen molar-refractivity contribution in [1.29, 1.82) is 0 Å². The van der Waals surface area contributed by atoms with Gasteiger partial charge in [0, 0.05) is 25.3 Å². The predicted octanol–water partition coefficient (Wildman–Crippen LogP) is 1.32. The SMILES string of the molecule is [N-]=[N+]=CC(=O)CCC(NC(=O)OCC1c2ccccc2-c2ccccc21)C(=O)NC(CCC(=O)C=[N+]=[N-])C(=O)NCCOCCOCCOCCC(=O)O. The van der Waals surface area contributed by atoms with Gasteiger partial charge >= 0.3 is 24.5 Å². The molecule has 54 heavy (non-hydrogen) atoms. The molecule has 0 spiro atoms. The van der Waals surface area contributed by atoms with Gasteiger partial charge in [-0.25, -0.2) is 4.79 Å². The number of carbonyl (C=O) groups is 6. The lowest BCUT2D eigenvalue weighted by molar-refractivity contribution is -0.138. The normalized spacial score (nSPS) is 12.4. The fourth-order valence-electron chi connectivity index (χ4n) is 5.49. The van der Waals surface area contributed by atoms with Crippen molar-refractivity contribution in [3.63, 3.8) is 0 Å². The second kappa shape index (κ2) is 23.6. The van der Waals surface area contributed by atoms with Crippen molar-refractivity contribution in [2.45, 2.75) is 50.1 Å². The first kappa shape index (κ1) is 42.5. The molecule has 0 fully saturated rings. The van der Waals surface area contributed by atoms with Gasteiger partial charge in [-0.15, -0.1) is 0 Å². The van der Waals surface area contributed by atoms with Gasteiger partial charge in [-0.1, -0.05) is 48.5 Å². The fourth-order valence-corrected chi connectivity index (χ4v) is 5.49. The van der Waals surface area contributed by atoms with Crippen LogP contribution in [0.4, 0.5) is 4.79 Å². The molecule has 288 valence electrons. The van der Waals surface area contributed by atoms with Crippen LogP contribution in [0.25, 0.3) is 22.2 Å². The third kappa shape index (κ3) is 14.6. The number of carboxylic acids is 1. The van der Waals surface area contributed by atoms with Gasteiger partial charge in [0.15, 0.2) is 0 Å². The zero-order valence-corrected chi connectivity index (χ0v) is 29.5. The monoisotopic (exact) mass is 749 g/mol. The number of rotatable bonds is 26. The predicted molar refractivity (Wildman–Crippen MR) is 189 cm³/mol. The number of nitrogens with one attached hydrogen (secondary N) is 3. The van der Waals surface area contributed by atoms with Crippen molar-refractivity contribution in [2.75, 3.05) is 52.8 Å². The van der Waals surface area contributed by atoms with E-state index >= 15 is 0 Å². The first-order valence-electron chi connectivity index (χ1n) is 17.2. The minimum absolute atomic E-state index is 0.0198. The third-order valence-corrected chi connectivity index (χ3v) is 8.10. The summed E-state index contributed by atoms with van der Waals surface area (Å²) >= 11 is 0. The van der Waals surface area contributed by atoms with Crippen LogP contribution in [0.1, 0.15) is 49.1 Å². The maximum Gasteiger partial charge on any atom is 0.407 e. The lowest BCUT2D eigenvalue weighted by Crippen LogP contribution is -2.54. The summed E-state index contributed by atoms with van der Waals surface area (Å²) in [6.45, 7) is 0.972. The molecule has 0 saturated carbocycles. The number of aliphatic carboxylic acids is 1. The Morgan fingerprint density at radius 3 is 1.72 bits per heavy atom. The van der Waals surface area contributed by atoms with Crippen LogP contribution in [-0.4, -0.2) is 127 Å². The number of fused-ring (bicyclic) bond motifs is 3. The van der Waals surface area contributed by atoms with E-state index in [-0.39, 0.29) is 90.8 Å². The number of amides is 3. The number of hydrogen-bond donors (Lipinski definition) is 4. The zero-order valence-electron chi connectivity index (χ0n) is 29.5. The molecule has 0 bridgehead atoms. The first-order chi connectivity index (χ1) is 26.1. The molecule has 0 heterocycles. The molecule has 1 aliphatic rings. The van der Waals surface area contributed by atoms with E-state index in [1.807, 2.05) is 48.5 Å². The van der Waals surface area contributed by atoms with Crippen LogP contribution in [-0.2, 0) is 42.9 Å². The molecule has 0 aromatic heterocycles. The summed E-state index contributed by atoms with van der Waals surface area (Å²) in [4.78, 5) is 79.7. The minimum atomic E-state index is -1.38. The Hall–Kier alpha value is -5.90. The quantitative estimate of drug-likeness (QED) is 0.0461. The summed E-state index contributed by atoms with van der Waals surface area (Å²) in [6.07, 6.45) is -0.810. The van der Waals surface area contributed by atoms with Crippen LogP contribution in [0.2, 0.25) is 0 Å². The molecule has 18 heteroatoms. The number of ketones is 2. The number of ether oxygens (including phenoxy) is 4. The fraction of sp³-hybridized carbons (Fsp3) is 0.444. The van der Waals surface area contributed by atoms with Crippen molar-refractivity contribution in [2.24, 2.45) is 0 Å². The average molecular weight is 750 g/mol. The maximum atomic E-state index is 13.5. The molecule has 0 saturated heterocycles. The number of carboxylic acid groups (broad SMARTS) is 1. The molecule has 1 aliphatic carbocycles. The number of nitrogens with zero attached hydrogens (tertiary/aromatic N) is 4. The number of benzene rings is 2. The Kier molecular flexibility index (Phi) is 18.6. The summed E-state index contributed by atoms with van der Waals surface area (Å²) in [6, 6.07) is 12.8. The average Bonchev–Trinajstić information content (AvgIpc) is 3.47. The Bertz CT molecular complexity index is 1680. The van der Waals surface area contributed by atoms with E-state index < -0.39 is 47.5 Å². The van der Waals surface area contributed by atoms with Crippen LogP contribution in [0.5, 0.6) is 0 Å². The Morgan fingerprint density at radius 2 is 1.19 bits per heavy atom. The Morgan fingerprint density at radius 1 is 0.685 bits per heavy atom. The molecular formula is C36H43N7O11. The summed E-state index contributed by atoms with van der Waals surface area (Å²) in [5, 5.41) is 16.2. The van der Waals surface area contributed by atoms with Crippen molar-refractivity contribution in [3.8, 4) is 11.1 Å². The molecule has 3 amide bonds. The second-order valence-electron chi connectivity index (χ2n) is 11.9. The molecule has 0 radical (unpaired) electrons. The molecule has 2 atom stereocenters. The van der Waals surface area contributed by atoms with Crippen LogP contribution in [0, 0.1) is 0 Å². The summed E-state index contributed by atoms with van der Waals surface area (Å²) < 4.78 is 21.4. The largest absolute Gasteiger partial charge is 0.481 e. The van der Waals surface area contributed by atoms with Gasteiger partial charge in [0.25, 0.3) is 0 Å². The molecule has 0 aliphatic heterocycles. The highest BCUT2D eigenvalue weighted by Gasteiger charge is 2.31. The van der Waals surface area contributed by atoms with E-state index in [0.29, 0.717) is 12.4 Å². The third-order valence-electron chi connectivity index (χ3n) is 8.10. The zero-order chi connectivity index (χ0) is 39.1. The van der Waals surface area contributed by atoms with Crippen molar-refractivity contribution < 1.29 is 62.4 Å². The lowest BCUT2D eigenvalue weighted by atomic mass is 9.98. The Balaban J connectivity index is 1.57. The number of carbonyl (C=O) groups excluding carboxylic acids is 5. The van der Waals surface area contributed by atoms with Crippen LogP contribution in [0.3, 0.4) is 0 Å². The Labute approximate surface area is 310 Å². The van der Waals surface area contributed by atoms with E-state index in [1.165, 1.54) is 0 Å². The van der Waals surface area contributed by atoms with E-state index in [4.69, 9.17) is 35.1 Å². The van der Waals surface area contributed by atoms with Gasteiger partial charge in [0.1, 0.15) is 18.7 Å². The smallest absolute Gasteiger partial charge is 0.407 e. The van der Waals surface area contributed by atoms with Gasteiger partial charge in [-0.2, -0.15) is 9.58 Å². The highest BCUT2D eigenvalue weighted by Crippen LogP contribution is 2.44. The molecular weight excluding hydrogens is 706 g/mol. The number of hydrogen-bond acceptors (Lipinski definition) is 10. The first-order valence-corrected chi connectivity index (χ1v) is 17.2. The minimum Gasteiger partial charge on any atom is -0.481 e. The highest BCUT2D eigenvalue weighted by molar-refractivity contribution is 6.25. The lowest BCUT2D eigenvalue weighted by Gasteiger charge is -2.23. The van der Waals surface area contributed by atoms with E-state index in [9.17, 15) is 28.8 Å². The van der Waals surface area contributed by atoms with Crippen LogP contribution in [0.15, 0.2) is 48.5 Å². The van der Waals surface area contributed by atoms with E-state index in [0.717, 1.165) is 22.3 Å². The topological polar surface area (TPSA) is 268 Å². The van der Waals surface area contributed by atoms with Gasteiger partial charge in [-0.3, -0.25) is 24.0 Å². The molecule has 2 aromatic carbocycles. The van der Waals surface area contributed by atoms with E-state index in [1.54, 1.807) is 0 Å². The molecule has 4 N–H and O–H groups in total. The van der Waals surface area contributed by atoms with Gasteiger partial charge in [0.05, 0.1) is 46.1 Å². The van der Waals surface area contributed by atoms with Gasteiger partial charge < -0.3 is 51.1 Å². The van der Waals surface area contributed by atoms with Crippen molar-refractivity contribution in [3.05, 3.63) is 70.7 Å². The number of Topliss-reactive ketones (excluding diaryl/α,β-unsaturated/α-hetero) is 2. The van der Waals surface area contributed by atoms with Gasteiger partial charge in [-0.05, 0) is 35.1 Å². The highest BCUT2D eigenvalue weighted by atomic mass is 16.6. The summed E-state index contributed by atoms with van der Waals surface area (Å²) in [5.41, 5.74) is 21.4.